The fraction of sp³-hybridized carbons (Fsp3) is 0.588. The molecule has 1 N–H and O–H groups in total. The fourth-order valence-electron chi connectivity index (χ4n) is 2.53. The minimum atomic E-state index is -0.463. The van der Waals surface area contributed by atoms with Gasteiger partial charge in [0.05, 0.1) is 18.9 Å². The van der Waals surface area contributed by atoms with Gasteiger partial charge in [-0.2, -0.15) is 5.26 Å². The standard InChI is InChI=1S/C17H27N3O/c1-14(2)19-17(3,13-18)11-8-12-20(4)15-9-6-7-10-16(15)21-5/h6-7,9-10,14,19H,8,11-12H2,1-5H3. The molecule has 4 heteroatoms. The van der Waals surface area contributed by atoms with E-state index in [1.807, 2.05) is 25.1 Å². The largest absolute Gasteiger partial charge is 0.495 e. The van der Waals surface area contributed by atoms with E-state index in [0.717, 1.165) is 30.8 Å². The van der Waals surface area contributed by atoms with Crippen LogP contribution in [0.1, 0.15) is 33.6 Å². The molecule has 0 aliphatic carbocycles. The van der Waals surface area contributed by atoms with Crippen LogP contribution in [0.3, 0.4) is 0 Å². The summed E-state index contributed by atoms with van der Waals surface area (Å²) in [7, 11) is 3.74. The molecule has 1 unspecified atom stereocenters. The van der Waals surface area contributed by atoms with Gasteiger partial charge in [0.1, 0.15) is 11.3 Å². The van der Waals surface area contributed by atoms with Crippen molar-refractivity contribution in [3.05, 3.63) is 24.3 Å². The van der Waals surface area contributed by atoms with Crippen LogP contribution in [0.25, 0.3) is 0 Å². The number of ether oxygens (including phenoxy) is 1. The Labute approximate surface area is 128 Å². The smallest absolute Gasteiger partial charge is 0.142 e. The highest BCUT2D eigenvalue weighted by atomic mass is 16.5. The molecule has 0 bridgehead atoms. The second kappa shape index (κ2) is 7.90. The predicted molar refractivity (Wildman–Crippen MR) is 87.8 cm³/mol. The van der Waals surface area contributed by atoms with E-state index in [0.29, 0.717) is 6.04 Å². The highest BCUT2D eigenvalue weighted by molar-refractivity contribution is 5.57. The van der Waals surface area contributed by atoms with Crippen LogP contribution >= 0.6 is 0 Å². The van der Waals surface area contributed by atoms with Crippen molar-refractivity contribution in [1.82, 2.24) is 5.32 Å². The van der Waals surface area contributed by atoms with Crippen LogP contribution in [0.4, 0.5) is 5.69 Å². The van der Waals surface area contributed by atoms with Crippen molar-refractivity contribution in [2.45, 2.75) is 45.2 Å². The summed E-state index contributed by atoms with van der Waals surface area (Å²) in [6, 6.07) is 10.7. The summed E-state index contributed by atoms with van der Waals surface area (Å²) in [5.41, 5.74) is 0.617. The molecule has 4 nitrogen and oxygen atoms in total. The van der Waals surface area contributed by atoms with Crippen LogP contribution in [-0.4, -0.2) is 32.3 Å². The number of rotatable bonds is 8. The molecular weight excluding hydrogens is 262 g/mol. The van der Waals surface area contributed by atoms with Crippen molar-refractivity contribution in [2.75, 3.05) is 25.6 Å². The zero-order valence-corrected chi connectivity index (χ0v) is 13.8. The van der Waals surface area contributed by atoms with Crippen molar-refractivity contribution in [3.8, 4) is 11.8 Å². The van der Waals surface area contributed by atoms with Gasteiger partial charge in [-0.15, -0.1) is 0 Å². The van der Waals surface area contributed by atoms with Crippen molar-refractivity contribution >= 4 is 5.69 Å². The Kier molecular flexibility index (Phi) is 6.51. The maximum Gasteiger partial charge on any atom is 0.142 e. The maximum atomic E-state index is 9.35. The number of hydrogen-bond donors (Lipinski definition) is 1. The molecule has 0 fully saturated rings. The van der Waals surface area contributed by atoms with Crippen LogP contribution in [0.2, 0.25) is 0 Å². The van der Waals surface area contributed by atoms with Gasteiger partial charge in [0, 0.05) is 19.6 Å². The van der Waals surface area contributed by atoms with Gasteiger partial charge in [-0.05, 0) is 45.7 Å². The van der Waals surface area contributed by atoms with Crippen LogP contribution < -0.4 is 15.0 Å². The molecule has 0 heterocycles. The lowest BCUT2D eigenvalue weighted by atomic mass is 9.96. The Morgan fingerprint density at radius 1 is 1.38 bits per heavy atom. The molecule has 0 aliphatic rings. The first-order valence-electron chi connectivity index (χ1n) is 7.45. The Balaban J connectivity index is 2.57. The van der Waals surface area contributed by atoms with E-state index in [1.165, 1.54) is 0 Å². The molecule has 0 saturated carbocycles. The Morgan fingerprint density at radius 2 is 2.05 bits per heavy atom. The summed E-state index contributed by atoms with van der Waals surface area (Å²) < 4.78 is 5.38. The lowest BCUT2D eigenvalue weighted by Crippen LogP contribution is -2.45. The second-order valence-corrected chi connectivity index (χ2v) is 5.94. The first-order valence-corrected chi connectivity index (χ1v) is 7.45. The van der Waals surface area contributed by atoms with E-state index in [1.54, 1.807) is 7.11 Å². The third kappa shape index (κ3) is 5.28. The summed E-state index contributed by atoms with van der Waals surface area (Å²) in [5, 5.41) is 12.7. The SMILES string of the molecule is COc1ccccc1N(C)CCCC(C)(C#N)NC(C)C. The summed E-state index contributed by atoms with van der Waals surface area (Å²) in [4.78, 5) is 2.17. The number of nitriles is 1. The number of anilines is 1. The number of methoxy groups -OCH3 is 1. The Hall–Kier alpha value is -1.73. The Bertz CT molecular complexity index is 481. The van der Waals surface area contributed by atoms with Crippen molar-refractivity contribution in [2.24, 2.45) is 0 Å². The molecule has 1 aromatic carbocycles. The van der Waals surface area contributed by atoms with Gasteiger partial charge in [0.25, 0.3) is 0 Å². The molecule has 1 rings (SSSR count). The number of benzene rings is 1. The summed E-state index contributed by atoms with van der Waals surface area (Å²) in [5.74, 6) is 0.878. The van der Waals surface area contributed by atoms with Gasteiger partial charge >= 0.3 is 0 Å². The van der Waals surface area contributed by atoms with Crippen LogP contribution in [0, 0.1) is 11.3 Å². The van der Waals surface area contributed by atoms with E-state index >= 15 is 0 Å². The number of nitrogens with one attached hydrogen (secondary N) is 1. The number of nitrogens with zero attached hydrogens (tertiary/aromatic N) is 2. The average molecular weight is 289 g/mol. The molecule has 0 aliphatic heterocycles. The highest BCUT2D eigenvalue weighted by Gasteiger charge is 2.23. The minimum absolute atomic E-state index is 0.307. The third-order valence-electron chi connectivity index (χ3n) is 3.52. The van der Waals surface area contributed by atoms with E-state index < -0.39 is 5.54 Å². The van der Waals surface area contributed by atoms with Gasteiger partial charge in [-0.3, -0.25) is 5.32 Å². The minimum Gasteiger partial charge on any atom is -0.495 e. The predicted octanol–water partition coefficient (Wildman–Crippen LogP) is 3.19. The zero-order chi connectivity index (χ0) is 15.9. The van der Waals surface area contributed by atoms with E-state index in [4.69, 9.17) is 4.74 Å². The topological polar surface area (TPSA) is 48.3 Å². The van der Waals surface area contributed by atoms with Crippen molar-refractivity contribution in [1.29, 1.82) is 5.26 Å². The molecule has 0 aromatic heterocycles. The quantitative estimate of drug-likeness (QED) is 0.798. The molecule has 0 spiro atoms. The van der Waals surface area contributed by atoms with Gasteiger partial charge in [0.2, 0.25) is 0 Å². The van der Waals surface area contributed by atoms with E-state index in [-0.39, 0.29) is 0 Å². The first-order chi connectivity index (χ1) is 9.91. The monoisotopic (exact) mass is 289 g/mol. The van der Waals surface area contributed by atoms with Crippen molar-refractivity contribution in [3.63, 3.8) is 0 Å². The zero-order valence-electron chi connectivity index (χ0n) is 13.8. The molecular formula is C17H27N3O. The molecule has 116 valence electrons. The fourth-order valence-corrected chi connectivity index (χ4v) is 2.53. The van der Waals surface area contributed by atoms with Crippen LogP contribution in [0.15, 0.2) is 24.3 Å². The number of para-hydroxylation sites is 2. The summed E-state index contributed by atoms with van der Waals surface area (Å²) in [6.45, 7) is 6.99. The third-order valence-corrected chi connectivity index (χ3v) is 3.52. The summed E-state index contributed by atoms with van der Waals surface area (Å²) >= 11 is 0. The van der Waals surface area contributed by atoms with E-state index in [9.17, 15) is 5.26 Å². The number of hydrogen-bond acceptors (Lipinski definition) is 4. The molecule has 1 atom stereocenters. The molecule has 21 heavy (non-hydrogen) atoms. The lowest BCUT2D eigenvalue weighted by Gasteiger charge is -2.27. The second-order valence-electron chi connectivity index (χ2n) is 5.94. The highest BCUT2D eigenvalue weighted by Crippen LogP contribution is 2.27. The average Bonchev–Trinajstić information content (AvgIpc) is 2.46. The van der Waals surface area contributed by atoms with Gasteiger partial charge < -0.3 is 9.64 Å². The normalized spacial score (nSPS) is 13.6. The molecule has 0 radical (unpaired) electrons. The molecule has 1 aromatic rings. The van der Waals surface area contributed by atoms with E-state index in [2.05, 4.69) is 43.2 Å². The van der Waals surface area contributed by atoms with Gasteiger partial charge in [0.15, 0.2) is 0 Å². The summed E-state index contributed by atoms with van der Waals surface area (Å²) in [6.07, 6.45) is 1.76. The van der Waals surface area contributed by atoms with Gasteiger partial charge in [-0.25, -0.2) is 0 Å². The molecule has 0 amide bonds. The van der Waals surface area contributed by atoms with Gasteiger partial charge in [-0.1, -0.05) is 12.1 Å². The first kappa shape index (κ1) is 17.3. The maximum absolute atomic E-state index is 9.35. The Morgan fingerprint density at radius 3 is 2.62 bits per heavy atom. The molecule has 0 saturated heterocycles. The lowest BCUT2D eigenvalue weighted by molar-refractivity contribution is 0.374. The van der Waals surface area contributed by atoms with Crippen molar-refractivity contribution < 1.29 is 4.74 Å². The van der Waals surface area contributed by atoms with Crippen LogP contribution in [-0.2, 0) is 0 Å². The van der Waals surface area contributed by atoms with Crippen LogP contribution in [0.5, 0.6) is 5.75 Å².